The highest BCUT2D eigenvalue weighted by atomic mass is 16.3. The number of aromatic hydroxyl groups is 1. The summed E-state index contributed by atoms with van der Waals surface area (Å²) in [6.07, 6.45) is -3.44. The van der Waals surface area contributed by atoms with E-state index in [9.17, 15) is 39.9 Å². The van der Waals surface area contributed by atoms with Crippen LogP contribution in [-0.2, 0) is 14.4 Å². The molecule has 0 aromatic heterocycles. The first-order valence-electron chi connectivity index (χ1n) is 10.2. The molecule has 1 amide bonds. The number of primary amides is 1. The molecule has 11 heteroatoms. The highest BCUT2D eigenvalue weighted by Crippen LogP contribution is 2.55. The maximum Gasteiger partial charge on any atom is 0.230 e. The summed E-state index contributed by atoms with van der Waals surface area (Å²) in [6, 6.07) is 1.30. The van der Waals surface area contributed by atoms with Crippen molar-refractivity contribution in [1.29, 1.82) is 0 Å². The number of hydrogen-bond donors (Lipinski definition) is 7. The van der Waals surface area contributed by atoms with Gasteiger partial charge in [0.2, 0.25) is 11.7 Å². The van der Waals surface area contributed by atoms with Crippen molar-refractivity contribution in [2.75, 3.05) is 19.8 Å². The number of nitrogen functional groups attached to an aromatic ring is 1. The molecule has 0 aliphatic heterocycles. The molecule has 2 saturated carbocycles. The van der Waals surface area contributed by atoms with Crippen molar-refractivity contribution in [3.8, 4) is 5.75 Å². The number of aliphatic hydroxyl groups excluding tert-OH is 3. The molecule has 0 saturated heterocycles. The SMILES string of the molecule is C=C1c2c(N)ccc(O)c2C(O)=C2C(=O)[C@]3(O)C(=O)C(C(N)=O)C(O)[C@@H](N(C)C)[C@@H]3[C@@H](O)[C@H]12. The summed E-state index contributed by atoms with van der Waals surface area (Å²) in [5.74, 6) is -9.96. The van der Waals surface area contributed by atoms with Crippen molar-refractivity contribution in [2.45, 2.75) is 23.9 Å². The third-order valence-electron chi connectivity index (χ3n) is 7.12. The molecular weight excluding hydrogens is 434 g/mol. The normalized spacial score (nSPS) is 35.9. The summed E-state index contributed by atoms with van der Waals surface area (Å²) in [5.41, 5.74) is 7.85. The van der Waals surface area contributed by atoms with Gasteiger partial charge in [-0.15, -0.1) is 0 Å². The van der Waals surface area contributed by atoms with Crippen LogP contribution in [0, 0.1) is 17.8 Å². The van der Waals surface area contributed by atoms with E-state index in [2.05, 4.69) is 6.58 Å². The van der Waals surface area contributed by atoms with Crippen molar-refractivity contribution >= 4 is 34.5 Å². The minimum Gasteiger partial charge on any atom is -0.507 e. The van der Waals surface area contributed by atoms with Gasteiger partial charge in [0, 0.05) is 29.1 Å². The van der Waals surface area contributed by atoms with Gasteiger partial charge < -0.3 is 41.9 Å². The van der Waals surface area contributed by atoms with Gasteiger partial charge in [-0.05, 0) is 31.8 Å². The van der Waals surface area contributed by atoms with Gasteiger partial charge in [-0.2, -0.15) is 0 Å². The zero-order valence-electron chi connectivity index (χ0n) is 17.9. The minimum atomic E-state index is -2.99. The number of amides is 1. The standard InChI is InChI=1S/C22H25N3O8/c1-6-9-7(23)4-5-8(26)11(9)16(27)12-10(6)17(28)14-15(25(2)3)18(29)13(21(24)32)20(31)22(14,33)19(12)30/h4-5,10,13-15,17-18,26-29,33H,1,23H2,2-3H3,(H2,24,32)/t10-,13?,14-,15+,17+,18?,22+/m1/s1. The van der Waals surface area contributed by atoms with Crippen LogP contribution >= 0.6 is 0 Å². The fraction of sp³-hybridized carbons (Fsp3) is 0.409. The number of nitrogens with two attached hydrogens (primary N) is 2. The Bertz CT molecular complexity index is 1160. The molecule has 3 aliphatic carbocycles. The Balaban J connectivity index is 2.04. The van der Waals surface area contributed by atoms with Gasteiger partial charge in [0.1, 0.15) is 17.4 Å². The van der Waals surface area contributed by atoms with Crippen molar-refractivity contribution in [3.05, 3.63) is 35.4 Å². The van der Waals surface area contributed by atoms with Gasteiger partial charge >= 0.3 is 0 Å². The van der Waals surface area contributed by atoms with Gasteiger partial charge in [-0.1, -0.05) is 6.58 Å². The third kappa shape index (κ3) is 2.67. The lowest BCUT2D eigenvalue weighted by molar-refractivity contribution is -0.196. The Morgan fingerprint density at radius 2 is 1.73 bits per heavy atom. The van der Waals surface area contributed by atoms with Crippen LogP contribution in [0.5, 0.6) is 5.75 Å². The fourth-order valence-electron chi connectivity index (χ4n) is 5.69. The Hall–Kier alpha value is -3.25. The molecule has 0 spiro atoms. The average molecular weight is 459 g/mol. The van der Waals surface area contributed by atoms with E-state index in [-0.39, 0.29) is 22.4 Å². The zero-order valence-corrected chi connectivity index (χ0v) is 17.9. The molecule has 1 aromatic carbocycles. The van der Waals surface area contributed by atoms with Gasteiger partial charge in [-0.3, -0.25) is 14.4 Å². The molecule has 0 bridgehead atoms. The second kappa shape index (κ2) is 7.12. The Kier molecular flexibility index (Phi) is 4.95. The summed E-state index contributed by atoms with van der Waals surface area (Å²) < 4.78 is 0. The molecule has 4 rings (SSSR count). The van der Waals surface area contributed by atoms with Crippen LogP contribution in [0.1, 0.15) is 11.1 Å². The number of ketones is 2. The molecule has 0 heterocycles. The van der Waals surface area contributed by atoms with E-state index in [4.69, 9.17) is 11.5 Å². The molecule has 1 aromatic rings. The Morgan fingerprint density at radius 3 is 2.27 bits per heavy atom. The number of phenolic OH excluding ortho intramolecular Hbond substituents is 1. The number of fused-ring (bicyclic) bond motifs is 3. The molecule has 3 aliphatic rings. The van der Waals surface area contributed by atoms with E-state index < -0.39 is 76.2 Å². The van der Waals surface area contributed by atoms with E-state index in [1.54, 1.807) is 0 Å². The van der Waals surface area contributed by atoms with Crippen molar-refractivity contribution in [2.24, 2.45) is 23.5 Å². The van der Waals surface area contributed by atoms with E-state index in [0.717, 1.165) is 0 Å². The monoisotopic (exact) mass is 459 g/mol. The van der Waals surface area contributed by atoms with E-state index >= 15 is 0 Å². The number of aliphatic hydroxyl groups is 4. The minimum absolute atomic E-state index is 0.0746. The zero-order chi connectivity index (χ0) is 24.7. The van der Waals surface area contributed by atoms with Gasteiger partial charge in [0.05, 0.1) is 23.3 Å². The van der Waals surface area contributed by atoms with Crippen LogP contribution in [0.2, 0.25) is 0 Å². The molecule has 2 unspecified atom stereocenters. The molecule has 11 nitrogen and oxygen atoms in total. The Labute approximate surface area is 188 Å². The lowest BCUT2D eigenvalue weighted by atomic mass is 9.52. The number of carbonyl (C=O) groups excluding carboxylic acids is 3. The maximum atomic E-state index is 13.7. The number of carbonyl (C=O) groups is 3. The summed E-state index contributed by atoms with van der Waals surface area (Å²) in [6.45, 7) is 3.91. The number of anilines is 1. The quantitative estimate of drug-likeness (QED) is 0.149. The molecular formula is C22H25N3O8. The van der Waals surface area contributed by atoms with E-state index in [0.29, 0.717) is 0 Å². The second-order valence-corrected chi connectivity index (χ2v) is 8.99. The first-order chi connectivity index (χ1) is 15.3. The number of hydrogen-bond acceptors (Lipinski definition) is 10. The highest BCUT2D eigenvalue weighted by molar-refractivity contribution is 6.26. The number of phenols is 1. The average Bonchev–Trinajstić information content (AvgIpc) is 2.72. The molecule has 9 N–H and O–H groups in total. The van der Waals surface area contributed by atoms with Crippen LogP contribution in [0.15, 0.2) is 24.3 Å². The van der Waals surface area contributed by atoms with Crippen LogP contribution in [-0.4, -0.2) is 85.9 Å². The topological polar surface area (TPSA) is 208 Å². The molecule has 7 atom stereocenters. The molecule has 2 fully saturated rings. The number of nitrogens with zero attached hydrogens (tertiary/aromatic N) is 1. The summed E-state index contributed by atoms with van der Waals surface area (Å²) in [5, 5.41) is 55.0. The third-order valence-corrected chi connectivity index (χ3v) is 7.12. The molecule has 33 heavy (non-hydrogen) atoms. The summed E-state index contributed by atoms with van der Waals surface area (Å²) in [4.78, 5) is 40.3. The van der Waals surface area contributed by atoms with Gasteiger partial charge in [-0.25, -0.2) is 0 Å². The summed E-state index contributed by atoms with van der Waals surface area (Å²) >= 11 is 0. The molecule has 176 valence electrons. The number of likely N-dealkylation sites (N-methyl/N-ethyl adjacent to an activating group) is 1. The van der Waals surface area contributed by atoms with Gasteiger partial charge in [0.25, 0.3) is 0 Å². The van der Waals surface area contributed by atoms with Crippen LogP contribution in [0.25, 0.3) is 11.3 Å². The number of rotatable bonds is 2. The van der Waals surface area contributed by atoms with E-state index in [1.807, 2.05) is 0 Å². The lowest BCUT2D eigenvalue weighted by Gasteiger charge is -2.55. The lowest BCUT2D eigenvalue weighted by Crippen LogP contribution is -2.76. The van der Waals surface area contributed by atoms with Crippen molar-refractivity contribution < 1.29 is 39.9 Å². The van der Waals surface area contributed by atoms with Crippen LogP contribution in [0.3, 0.4) is 0 Å². The largest absolute Gasteiger partial charge is 0.507 e. The predicted molar refractivity (Wildman–Crippen MR) is 115 cm³/mol. The van der Waals surface area contributed by atoms with Crippen molar-refractivity contribution in [3.63, 3.8) is 0 Å². The molecule has 0 radical (unpaired) electrons. The summed E-state index contributed by atoms with van der Waals surface area (Å²) in [7, 11) is 2.95. The van der Waals surface area contributed by atoms with E-state index in [1.165, 1.54) is 31.1 Å². The fourth-order valence-corrected chi connectivity index (χ4v) is 5.69. The number of Topliss-reactive ketones (excluding diaryl/α,β-unsaturated/α-hetero) is 2. The smallest absolute Gasteiger partial charge is 0.230 e. The highest BCUT2D eigenvalue weighted by Gasteiger charge is 2.70. The Morgan fingerprint density at radius 1 is 1.12 bits per heavy atom. The van der Waals surface area contributed by atoms with Crippen LogP contribution in [0.4, 0.5) is 5.69 Å². The first-order valence-corrected chi connectivity index (χ1v) is 10.2. The second-order valence-electron chi connectivity index (χ2n) is 8.99. The number of benzene rings is 1. The maximum absolute atomic E-state index is 13.7. The first kappa shape index (κ1) is 22.9. The van der Waals surface area contributed by atoms with Crippen molar-refractivity contribution in [1.82, 2.24) is 4.90 Å². The van der Waals surface area contributed by atoms with Gasteiger partial charge in [0.15, 0.2) is 11.4 Å². The predicted octanol–water partition coefficient (Wildman–Crippen LogP) is -1.85. The van der Waals surface area contributed by atoms with Crippen LogP contribution < -0.4 is 11.5 Å².